The summed E-state index contributed by atoms with van der Waals surface area (Å²) in [5, 5.41) is 32.1. The highest BCUT2D eigenvalue weighted by Gasteiger charge is 2.64. The predicted octanol–water partition coefficient (Wildman–Crippen LogP) is 8.41. The van der Waals surface area contributed by atoms with E-state index in [-0.39, 0.29) is 49.4 Å². The zero-order valence-corrected chi connectivity index (χ0v) is 28.4. The molecule has 8 aliphatic carbocycles. The van der Waals surface area contributed by atoms with Crippen LogP contribution in [-0.2, 0) is 9.59 Å². The van der Waals surface area contributed by atoms with Gasteiger partial charge in [-0.05, 0) is 148 Å². The van der Waals surface area contributed by atoms with Gasteiger partial charge in [0.1, 0.15) is 11.6 Å². The van der Waals surface area contributed by atoms with E-state index in [4.69, 9.17) is 0 Å². The largest absolute Gasteiger partial charge is 0.393 e. The lowest BCUT2D eigenvalue weighted by Crippen LogP contribution is -2.59. The molecule has 8 aliphatic rings. The third kappa shape index (κ3) is 5.24. The van der Waals surface area contributed by atoms with Crippen molar-refractivity contribution >= 4 is 11.6 Å². The van der Waals surface area contributed by atoms with Crippen molar-refractivity contribution in [3.05, 3.63) is 0 Å². The van der Waals surface area contributed by atoms with E-state index in [0.29, 0.717) is 64.8 Å². The molecule has 264 valence electrons. The molecule has 0 aromatic heterocycles. The Balaban J connectivity index is 0.000000174. The van der Waals surface area contributed by atoms with E-state index >= 15 is 0 Å². The second-order valence-corrected chi connectivity index (χ2v) is 18.8. The Labute approximate surface area is 281 Å². The molecule has 8 fully saturated rings. The van der Waals surface area contributed by atoms with Crippen LogP contribution in [0.3, 0.4) is 0 Å². The van der Waals surface area contributed by atoms with Crippen molar-refractivity contribution in [3.63, 3.8) is 0 Å². The van der Waals surface area contributed by atoms with Gasteiger partial charge in [0.15, 0.2) is 0 Å². The summed E-state index contributed by atoms with van der Waals surface area (Å²) < 4.78 is 0. The van der Waals surface area contributed by atoms with Crippen molar-refractivity contribution < 1.29 is 24.9 Å². The van der Waals surface area contributed by atoms with E-state index in [1.807, 2.05) is 0 Å². The molecule has 46 heavy (non-hydrogen) atoms. The number of hydrogen-bond acceptors (Lipinski definition) is 5. The fourth-order valence-electron chi connectivity index (χ4n) is 14.5. The Hall–Kier alpha value is -0.780. The third-order valence-corrected chi connectivity index (χ3v) is 16.8. The summed E-state index contributed by atoms with van der Waals surface area (Å²) >= 11 is 0. The van der Waals surface area contributed by atoms with Crippen LogP contribution in [0.5, 0.6) is 0 Å². The second kappa shape index (κ2) is 12.5. The SMILES string of the molecule is C.C.C[C@@H]1CC[C@@]2(C)[C@H](CC[C@@H]3[C@@H]2[C@@H](O)C[C@]2(C)C(=O)CC[C@@H]32)C1.C[C@]12CC[C@@H](O)C[C@H]1CC[C@@H]1[C@@H]2[C@@H](O)C[C@]2(C)C(=O)CC[C@@H]12. The number of carbonyl (C=O) groups excluding carboxylic acids is 2. The van der Waals surface area contributed by atoms with Crippen LogP contribution < -0.4 is 0 Å². The van der Waals surface area contributed by atoms with Crippen LogP contribution in [0, 0.1) is 74.9 Å². The van der Waals surface area contributed by atoms with E-state index in [1.165, 1.54) is 38.5 Å². The highest BCUT2D eigenvalue weighted by Crippen LogP contribution is 2.67. The number of Topliss-reactive ketones (excluding diaryl/α,β-unsaturated/α-hetero) is 2. The maximum absolute atomic E-state index is 12.4. The van der Waals surface area contributed by atoms with Gasteiger partial charge in [-0.25, -0.2) is 0 Å². The molecule has 8 saturated carbocycles. The lowest BCUT2D eigenvalue weighted by atomic mass is 9.44. The zero-order valence-electron chi connectivity index (χ0n) is 28.4. The lowest BCUT2D eigenvalue weighted by molar-refractivity contribution is -0.175. The van der Waals surface area contributed by atoms with Crippen LogP contribution in [-0.4, -0.2) is 45.2 Å². The fraction of sp³-hybridized carbons (Fsp3) is 0.951. The van der Waals surface area contributed by atoms with Crippen LogP contribution in [0.15, 0.2) is 0 Å². The molecule has 0 aromatic rings. The lowest BCUT2D eigenvalue weighted by Gasteiger charge is -2.61. The summed E-state index contributed by atoms with van der Waals surface area (Å²) in [7, 11) is 0. The molecule has 0 spiro atoms. The van der Waals surface area contributed by atoms with E-state index in [2.05, 4.69) is 34.6 Å². The first kappa shape index (κ1) is 36.5. The van der Waals surface area contributed by atoms with Crippen molar-refractivity contribution in [2.24, 2.45) is 74.9 Å². The first-order valence-corrected chi connectivity index (χ1v) is 18.8. The Morgan fingerprint density at radius 1 is 0.587 bits per heavy atom. The molecule has 5 heteroatoms. The number of fused-ring (bicyclic) bond motifs is 10. The van der Waals surface area contributed by atoms with E-state index in [9.17, 15) is 24.9 Å². The van der Waals surface area contributed by atoms with Gasteiger partial charge in [0.05, 0.1) is 18.3 Å². The van der Waals surface area contributed by atoms with Gasteiger partial charge in [-0.1, -0.05) is 55.9 Å². The average Bonchev–Trinajstić information content (AvgIpc) is 3.43. The van der Waals surface area contributed by atoms with Crippen molar-refractivity contribution in [3.8, 4) is 0 Å². The Morgan fingerprint density at radius 3 is 1.50 bits per heavy atom. The summed E-state index contributed by atoms with van der Waals surface area (Å²) in [5.41, 5.74) is 0.0000407. The van der Waals surface area contributed by atoms with Gasteiger partial charge in [-0.2, -0.15) is 0 Å². The van der Waals surface area contributed by atoms with E-state index in [1.54, 1.807) is 0 Å². The molecule has 5 nitrogen and oxygen atoms in total. The molecule has 16 atom stereocenters. The summed E-state index contributed by atoms with van der Waals surface area (Å²) in [4.78, 5) is 24.9. The molecule has 0 bridgehead atoms. The number of aliphatic hydroxyl groups excluding tert-OH is 3. The molecule has 0 saturated heterocycles. The van der Waals surface area contributed by atoms with Gasteiger partial charge in [-0.3, -0.25) is 9.59 Å². The molecule has 3 N–H and O–H groups in total. The number of hydrogen-bond donors (Lipinski definition) is 3. The van der Waals surface area contributed by atoms with Gasteiger partial charge in [-0.15, -0.1) is 0 Å². The van der Waals surface area contributed by atoms with E-state index < -0.39 is 0 Å². The number of aliphatic hydroxyl groups is 3. The number of rotatable bonds is 0. The van der Waals surface area contributed by atoms with Crippen LogP contribution in [0.4, 0.5) is 0 Å². The highest BCUT2D eigenvalue weighted by molar-refractivity contribution is 5.87. The third-order valence-electron chi connectivity index (χ3n) is 16.8. The van der Waals surface area contributed by atoms with Gasteiger partial charge in [0.25, 0.3) is 0 Å². The molecule has 0 amide bonds. The normalized spacial score (nSPS) is 55.4. The quantitative estimate of drug-likeness (QED) is 0.247. The first-order chi connectivity index (χ1) is 20.7. The summed E-state index contributed by atoms with van der Waals surface area (Å²) in [5.74, 6) is 5.94. The van der Waals surface area contributed by atoms with Crippen LogP contribution in [0.1, 0.15) is 152 Å². The van der Waals surface area contributed by atoms with Gasteiger partial charge in [0.2, 0.25) is 0 Å². The first-order valence-electron chi connectivity index (χ1n) is 18.8. The Morgan fingerprint density at radius 2 is 1.02 bits per heavy atom. The molecule has 0 heterocycles. The minimum Gasteiger partial charge on any atom is -0.393 e. The van der Waals surface area contributed by atoms with Gasteiger partial charge in [0, 0.05) is 23.7 Å². The molecule has 0 unspecified atom stereocenters. The maximum atomic E-state index is 12.4. The van der Waals surface area contributed by atoms with Crippen molar-refractivity contribution in [1.29, 1.82) is 0 Å². The highest BCUT2D eigenvalue weighted by atomic mass is 16.3. The second-order valence-electron chi connectivity index (χ2n) is 18.8. The predicted molar refractivity (Wildman–Crippen MR) is 185 cm³/mol. The monoisotopic (exact) mass is 643 g/mol. The molecular formula is C41H70O5. The zero-order chi connectivity index (χ0) is 31.4. The molecule has 0 aliphatic heterocycles. The topological polar surface area (TPSA) is 94.8 Å². The Bertz CT molecular complexity index is 1060. The standard InChI is InChI=1S/C20H32O2.C19H30O3.2CH4/c1-12-8-9-19(2)13(10-12)4-5-14-15-6-7-17(22)20(15,3)11-16(21)18(14)19;1-18-8-7-12(20)9-11(18)3-4-13-14-5-6-16(22)19(14,2)10-15(21)17(13)18;;/h12-16,18,21H,4-11H2,1-3H3;11-15,17,20-21H,3-10H2,1-2H3;2*1H4/t12-,13-,14+,15+,16+,18-,19+,20+;11-,12-,13+,14+,15+,17-,18+,19+;;/m11../s1. The van der Waals surface area contributed by atoms with E-state index in [0.717, 1.165) is 69.6 Å². The van der Waals surface area contributed by atoms with Gasteiger partial charge >= 0.3 is 0 Å². The molecule has 0 radical (unpaired) electrons. The number of carbonyl (C=O) groups is 2. The molecule has 8 rings (SSSR count). The smallest absolute Gasteiger partial charge is 0.139 e. The van der Waals surface area contributed by atoms with Crippen LogP contribution >= 0.6 is 0 Å². The fourth-order valence-corrected chi connectivity index (χ4v) is 14.5. The minimum atomic E-state index is -0.337. The Kier molecular flexibility index (Phi) is 9.94. The van der Waals surface area contributed by atoms with Crippen molar-refractivity contribution in [2.75, 3.05) is 0 Å². The maximum Gasteiger partial charge on any atom is 0.139 e. The van der Waals surface area contributed by atoms with Crippen LogP contribution in [0.2, 0.25) is 0 Å². The molecular weight excluding hydrogens is 572 g/mol. The average molecular weight is 643 g/mol. The van der Waals surface area contributed by atoms with Crippen LogP contribution in [0.25, 0.3) is 0 Å². The van der Waals surface area contributed by atoms with Crippen molar-refractivity contribution in [1.82, 2.24) is 0 Å². The van der Waals surface area contributed by atoms with Crippen molar-refractivity contribution in [2.45, 2.75) is 171 Å². The number of ketones is 2. The molecule has 0 aromatic carbocycles. The minimum absolute atomic E-state index is 0. The summed E-state index contributed by atoms with van der Waals surface area (Å²) in [6.07, 6.45) is 15.9. The summed E-state index contributed by atoms with van der Waals surface area (Å²) in [6, 6.07) is 0. The summed E-state index contributed by atoms with van der Waals surface area (Å²) in [6.45, 7) is 11.5. The van der Waals surface area contributed by atoms with Gasteiger partial charge < -0.3 is 15.3 Å².